The normalized spacial score (nSPS) is 10.1. The van der Waals surface area contributed by atoms with Crippen LogP contribution in [-0.4, -0.2) is 19.9 Å². The minimum Gasteiger partial charge on any atom is -0.384 e. The van der Waals surface area contributed by atoms with Gasteiger partial charge in [-0.2, -0.15) is 0 Å². The van der Waals surface area contributed by atoms with Crippen LogP contribution in [0.2, 0.25) is 0 Å². The first-order valence-electron chi connectivity index (χ1n) is 4.14. The molecular formula is C8H9N7. The Morgan fingerprint density at radius 2 is 1.60 bits per heavy atom. The van der Waals surface area contributed by atoms with E-state index in [1.165, 1.54) is 12.3 Å². The zero-order valence-corrected chi connectivity index (χ0v) is 7.75. The van der Waals surface area contributed by atoms with E-state index in [2.05, 4.69) is 19.9 Å². The number of aromatic nitrogens is 4. The second kappa shape index (κ2) is 3.37. The number of hydrogen-bond donors (Lipinski definition) is 3. The van der Waals surface area contributed by atoms with E-state index < -0.39 is 0 Å². The summed E-state index contributed by atoms with van der Waals surface area (Å²) in [5.74, 6) is 1.06. The Balaban J connectivity index is 2.54. The second-order valence-electron chi connectivity index (χ2n) is 2.84. The molecule has 7 heteroatoms. The molecule has 15 heavy (non-hydrogen) atoms. The van der Waals surface area contributed by atoms with Gasteiger partial charge >= 0.3 is 0 Å². The van der Waals surface area contributed by atoms with Crippen molar-refractivity contribution in [3.63, 3.8) is 0 Å². The van der Waals surface area contributed by atoms with Crippen LogP contribution in [0.3, 0.4) is 0 Å². The van der Waals surface area contributed by atoms with Crippen molar-refractivity contribution in [2.75, 3.05) is 17.2 Å². The summed E-state index contributed by atoms with van der Waals surface area (Å²) in [6.45, 7) is 0. The molecule has 0 saturated carbocycles. The van der Waals surface area contributed by atoms with E-state index in [0.717, 1.165) is 0 Å². The number of anilines is 3. The Labute approximate surface area is 85.4 Å². The summed E-state index contributed by atoms with van der Waals surface area (Å²) in [5.41, 5.74) is 17.0. The summed E-state index contributed by atoms with van der Waals surface area (Å²) < 4.78 is 0. The first-order chi connectivity index (χ1) is 7.15. The molecule has 2 rings (SSSR count). The van der Waals surface area contributed by atoms with Crippen molar-refractivity contribution in [1.29, 1.82) is 0 Å². The molecule has 76 valence electrons. The van der Waals surface area contributed by atoms with E-state index in [0.29, 0.717) is 11.5 Å². The Morgan fingerprint density at radius 3 is 2.20 bits per heavy atom. The number of nitrogens with two attached hydrogens (primary N) is 3. The van der Waals surface area contributed by atoms with Gasteiger partial charge in [-0.05, 0) is 6.07 Å². The Hall–Kier alpha value is -2.44. The van der Waals surface area contributed by atoms with Gasteiger partial charge in [0.25, 0.3) is 0 Å². The fourth-order valence-electron chi connectivity index (χ4n) is 1.10. The van der Waals surface area contributed by atoms with E-state index in [1.54, 1.807) is 6.07 Å². The highest BCUT2D eigenvalue weighted by Crippen LogP contribution is 2.15. The van der Waals surface area contributed by atoms with E-state index in [9.17, 15) is 0 Å². The van der Waals surface area contributed by atoms with Gasteiger partial charge in [0.05, 0.1) is 0 Å². The summed E-state index contributed by atoms with van der Waals surface area (Å²) in [6.07, 6.45) is 1.51. The van der Waals surface area contributed by atoms with Crippen molar-refractivity contribution in [3.05, 3.63) is 18.3 Å². The smallest absolute Gasteiger partial charge is 0.220 e. The quantitative estimate of drug-likeness (QED) is 0.579. The van der Waals surface area contributed by atoms with Gasteiger partial charge in [0.2, 0.25) is 5.95 Å². The molecule has 0 amide bonds. The van der Waals surface area contributed by atoms with Gasteiger partial charge in [-0.1, -0.05) is 0 Å². The van der Waals surface area contributed by atoms with Gasteiger partial charge in [0.15, 0.2) is 5.82 Å². The SMILES string of the molecule is Nc1cc(N)nc(-c2ccnc(N)n2)n1. The molecule has 2 heterocycles. The van der Waals surface area contributed by atoms with E-state index in [-0.39, 0.29) is 17.6 Å². The maximum Gasteiger partial charge on any atom is 0.220 e. The number of hydrogen-bond acceptors (Lipinski definition) is 7. The first-order valence-corrected chi connectivity index (χ1v) is 4.14. The summed E-state index contributed by atoms with van der Waals surface area (Å²) in [5, 5.41) is 0. The van der Waals surface area contributed by atoms with Crippen LogP contribution in [0.1, 0.15) is 0 Å². The van der Waals surface area contributed by atoms with Crippen molar-refractivity contribution < 1.29 is 0 Å². The van der Waals surface area contributed by atoms with Crippen molar-refractivity contribution in [1.82, 2.24) is 19.9 Å². The molecule has 0 aliphatic heterocycles. The summed E-state index contributed by atoms with van der Waals surface area (Å²) >= 11 is 0. The molecule has 0 atom stereocenters. The highest BCUT2D eigenvalue weighted by Gasteiger charge is 2.05. The summed E-state index contributed by atoms with van der Waals surface area (Å²) in [7, 11) is 0. The molecule has 6 N–H and O–H groups in total. The van der Waals surface area contributed by atoms with E-state index in [4.69, 9.17) is 17.2 Å². The van der Waals surface area contributed by atoms with E-state index in [1.807, 2.05) is 0 Å². The van der Waals surface area contributed by atoms with Crippen molar-refractivity contribution in [2.24, 2.45) is 0 Å². The zero-order chi connectivity index (χ0) is 10.8. The topological polar surface area (TPSA) is 130 Å². The average molecular weight is 203 g/mol. The molecule has 0 aliphatic carbocycles. The number of nitrogen functional groups attached to an aromatic ring is 3. The Kier molecular flexibility index (Phi) is 2.05. The molecule has 0 aromatic carbocycles. The van der Waals surface area contributed by atoms with Crippen LogP contribution in [0.25, 0.3) is 11.5 Å². The monoisotopic (exact) mass is 203 g/mol. The lowest BCUT2D eigenvalue weighted by Gasteiger charge is -2.02. The fraction of sp³-hybridized carbons (Fsp3) is 0. The van der Waals surface area contributed by atoms with Crippen molar-refractivity contribution >= 4 is 17.6 Å². The molecule has 0 radical (unpaired) electrons. The highest BCUT2D eigenvalue weighted by molar-refractivity contribution is 5.56. The summed E-state index contributed by atoms with van der Waals surface area (Å²) in [4.78, 5) is 15.7. The molecule has 0 spiro atoms. The minimum atomic E-state index is 0.150. The molecule has 0 fully saturated rings. The van der Waals surface area contributed by atoms with Crippen molar-refractivity contribution in [2.45, 2.75) is 0 Å². The Morgan fingerprint density at radius 1 is 0.933 bits per heavy atom. The van der Waals surface area contributed by atoms with Gasteiger partial charge in [0, 0.05) is 12.3 Å². The lowest BCUT2D eigenvalue weighted by atomic mass is 10.3. The van der Waals surface area contributed by atoms with Crippen LogP contribution in [0, 0.1) is 0 Å². The molecule has 0 saturated heterocycles. The third-order valence-corrected chi connectivity index (χ3v) is 1.67. The third kappa shape index (κ3) is 1.90. The van der Waals surface area contributed by atoms with Gasteiger partial charge in [-0.3, -0.25) is 0 Å². The maximum atomic E-state index is 5.53. The minimum absolute atomic E-state index is 0.150. The van der Waals surface area contributed by atoms with Gasteiger partial charge in [-0.15, -0.1) is 0 Å². The molecule has 0 unspecified atom stereocenters. The molecule has 0 bridgehead atoms. The van der Waals surface area contributed by atoms with Crippen molar-refractivity contribution in [3.8, 4) is 11.5 Å². The van der Waals surface area contributed by atoms with Gasteiger partial charge < -0.3 is 17.2 Å². The molecular weight excluding hydrogens is 194 g/mol. The first kappa shape index (κ1) is 9.13. The average Bonchev–Trinajstić information content (AvgIpc) is 2.16. The van der Waals surface area contributed by atoms with E-state index >= 15 is 0 Å². The van der Waals surface area contributed by atoms with Crippen LogP contribution in [0.15, 0.2) is 18.3 Å². The van der Waals surface area contributed by atoms with Crippen LogP contribution in [0.5, 0.6) is 0 Å². The molecule has 0 aliphatic rings. The fourth-order valence-corrected chi connectivity index (χ4v) is 1.10. The predicted molar refractivity (Wildman–Crippen MR) is 56.3 cm³/mol. The number of rotatable bonds is 1. The molecule has 7 nitrogen and oxygen atoms in total. The van der Waals surface area contributed by atoms with Gasteiger partial charge in [-0.25, -0.2) is 19.9 Å². The van der Waals surface area contributed by atoms with Gasteiger partial charge in [0.1, 0.15) is 17.3 Å². The third-order valence-electron chi connectivity index (χ3n) is 1.67. The predicted octanol–water partition coefficient (Wildman–Crippen LogP) is -0.320. The lowest BCUT2D eigenvalue weighted by Crippen LogP contribution is -2.02. The molecule has 2 aromatic heterocycles. The summed E-state index contributed by atoms with van der Waals surface area (Å²) in [6, 6.07) is 3.10. The Bertz CT molecular complexity index is 476. The lowest BCUT2D eigenvalue weighted by molar-refractivity contribution is 1.12. The maximum absolute atomic E-state index is 5.53. The second-order valence-corrected chi connectivity index (χ2v) is 2.84. The zero-order valence-electron chi connectivity index (χ0n) is 7.75. The highest BCUT2D eigenvalue weighted by atomic mass is 15.0. The van der Waals surface area contributed by atoms with Crippen LogP contribution in [0.4, 0.5) is 17.6 Å². The standard InChI is InChI=1S/C8H9N7/c9-5-3-6(10)15-7(14-5)4-1-2-12-8(11)13-4/h1-3H,(H2,11,12,13)(H4,9,10,14,15). The van der Waals surface area contributed by atoms with Crippen LogP contribution < -0.4 is 17.2 Å². The molecule has 2 aromatic rings. The van der Waals surface area contributed by atoms with Crippen LogP contribution in [-0.2, 0) is 0 Å². The number of nitrogens with zero attached hydrogens (tertiary/aromatic N) is 4. The van der Waals surface area contributed by atoms with Crippen LogP contribution >= 0.6 is 0 Å². The largest absolute Gasteiger partial charge is 0.384 e.